The summed E-state index contributed by atoms with van der Waals surface area (Å²) in [5, 5.41) is 10.3. The molecule has 3 aromatic rings. The van der Waals surface area contributed by atoms with E-state index in [9.17, 15) is 9.59 Å². The Morgan fingerprint density at radius 2 is 2.06 bits per heavy atom. The topological polar surface area (TPSA) is 109 Å². The predicted octanol–water partition coefficient (Wildman–Crippen LogP) is 1.35. The Morgan fingerprint density at radius 3 is 2.73 bits per heavy atom. The lowest BCUT2D eigenvalue weighted by molar-refractivity contribution is -0.663. The van der Waals surface area contributed by atoms with Gasteiger partial charge in [0.1, 0.15) is 11.9 Å². The number of rotatable bonds is 8. The van der Waals surface area contributed by atoms with Crippen LogP contribution in [0.3, 0.4) is 0 Å². The Balaban J connectivity index is 1.40. The van der Waals surface area contributed by atoms with Crippen molar-refractivity contribution >= 4 is 11.8 Å². The first kappa shape index (κ1) is 22.7. The zero-order chi connectivity index (χ0) is 23.5. The number of benzene rings is 1. The van der Waals surface area contributed by atoms with Crippen LogP contribution in [0.4, 0.5) is 0 Å². The summed E-state index contributed by atoms with van der Waals surface area (Å²) in [6.07, 6.45) is 9.77. The summed E-state index contributed by atoms with van der Waals surface area (Å²) in [6.45, 7) is 6.28. The van der Waals surface area contributed by atoms with E-state index in [0.29, 0.717) is 19.3 Å². The fourth-order valence-electron chi connectivity index (χ4n) is 4.68. The molecule has 0 saturated heterocycles. The molecule has 3 N–H and O–H groups in total. The second kappa shape index (κ2) is 9.56. The molecule has 0 saturated carbocycles. The van der Waals surface area contributed by atoms with Gasteiger partial charge < -0.3 is 20.2 Å². The molecule has 2 amide bonds. The fourth-order valence-corrected chi connectivity index (χ4v) is 4.68. The number of carbonyl (C=O) groups is 2. The average molecular weight is 450 g/mol. The van der Waals surface area contributed by atoms with Crippen LogP contribution in [0.5, 0.6) is 0 Å². The van der Waals surface area contributed by atoms with E-state index in [1.165, 1.54) is 16.7 Å². The van der Waals surface area contributed by atoms with Crippen molar-refractivity contribution in [2.75, 3.05) is 7.05 Å². The third-order valence-corrected chi connectivity index (χ3v) is 6.19. The molecule has 33 heavy (non-hydrogen) atoms. The minimum atomic E-state index is -0.642. The van der Waals surface area contributed by atoms with Gasteiger partial charge in [-0.2, -0.15) is 0 Å². The Bertz CT molecular complexity index is 1130. The lowest BCUT2D eigenvalue weighted by atomic mass is 10.1. The first-order valence-electron chi connectivity index (χ1n) is 11.3. The molecule has 1 aliphatic heterocycles. The van der Waals surface area contributed by atoms with Gasteiger partial charge in [0, 0.05) is 31.8 Å². The van der Waals surface area contributed by atoms with Crippen LogP contribution in [0.25, 0.3) is 5.69 Å². The molecule has 1 aliphatic rings. The fraction of sp³-hybridized carbons (Fsp3) is 0.458. The van der Waals surface area contributed by atoms with Gasteiger partial charge in [-0.05, 0) is 40.0 Å². The molecule has 0 spiro atoms. The van der Waals surface area contributed by atoms with Crippen LogP contribution in [-0.4, -0.2) is 44.5 Å². The Morgan fingerprint density at radius 1 is 1.30 bits per heavy atom. The van der Waals surface area contributed by atoms with Crippen molar-refractivity contribution in [1.29, 1.82) is 0 Å². The van der Waals surface area contributed by atoms with Crippen molar-refractivity contribution < 1.29 is 14.3 Å². The number of nitrogens with one attached hydrogen (secondary N) is 3. The van der Waals surface area contributed by atoms with Gasteiger partial charge in [0.2, 0.25) is 18.1 Å². The maximum Gasteiger partial charge on any atom is 0.242 e. The number of amides is 2. The van der Waals surface area contributed by atoms with Crippen molar-refractivity contribution in [2.24, 2.45) is 0 Å². The van der Waals surface area contributed by atoms with E-state index in [0.717, 1.165) is 30.0 Å². The van der Waals surface area contributed by atoms with Gasteiger partial charge in [-0.15, -0.1) is 5.10 Å². The number of H-pyrrole nitrogens is 1. The normalized spacial score (nSPS) is 15.8. The Hall–Kier alpha value is -3.49. The van der Waals surface area contributed by atoms with Crippen LogP contribution < -0.4 is 15.3 Å². The van der Waals surface area contributed by atoms with Crippen molar-refractivity contribution in [3.05, 3.63) is 59.2 Å². The number of aryl methyl sites for hydroxylation is 4. The first-order valence-corrected chi connectivity index (χ1v) is 11.3. The van der Waals surface area contributed by atoms with E-state index in [1.807, 2.05) is 4.68 Å². The van der Waals surface area contributed by atoms with E-state index < -0.39 is 6.04 Å². The van der Waals surface area contributed by atoms with Gasteiger partial charge in [-0.1, -0.05) is 28.8 Å². The molecule has 0 bridgehead atoms. The highest BCUT2D eigenvalue weighted by Gasteiger charge is 2.28. The monoisotopic (exact) mass is 449 g/mol. The maximum atomic E-state index is 12.7. The van der Waals surface area contributed by atoms with Gasteiger partial charge in [0.25, 0.3) is 0 Å². The zero-order valence-corrected chi connectivity index (χ0v) is 19.6. The SMILES string of the molecule is CNC(=O)[C@@H](Cc1cnc[nH]1)NC(=O)CC[C@@H]1CCc2n[n+](-c3c(C)cc(C)cc3C)[c-]n21. The van der Waals surface area contributed by atoms with E-state index in [2.05, 4.69) is 64.4 Å². The second-order valence-corrected chi connectivity index (χ2v) is 8.79. The summed E-state index contributed by atoms with van der Waals surface area (Å²) < 4.78 is 3.92. The number of fused-ring (bicyclic) bond motifs is 1. The highest BCUT2D eigenvalue weighted by Crippen LogP contribution is 2.28. The smallest absolute Gasteiger partial charge is 0.242 e. The molecule has 174 valence electrons. The second-order valence-electron chi connectivity index (χ2n) is 8.79. The summed E-state index contributed by atoms with van der Waals surface area (Å²) in [5.74, 6) is 0.617. The summed E-state index contributed by atoms with van der Waals surface area (Å²) in [4.78, 5) is 31.8. The predicted molar refractivity (Wildman–Crippen MR) is 122 cm³/mol. The zero-order valence-electron chi connectivity index (χ0n) is 19.6. The number of imidazole rings is 1. The van der Waals surface area contributed by atoms with Crippen LogP contribution in [0.2, 0.25) is 0 Å². The number of hydrogen-bond donors (Lipinski definition) is 3. The number of likely N-dealkylation sites (N-methyl/N-ethyl adjacent to an activating group) is 1. The molecule has 0 radical (unpaired) electrons. The maximum absolute atomic E-state index is 12.7. The lowest BCUT2D eigenvalue weighted by Crippen LogP contribution is -2.47. The van der Waals surface area contributed by atoms with Crippen LogP contribution in [-0.2, 0) is 22.4 Å². The molecule has 1 aromatic carbocycles. The van der Waals surface area contributed by atoms with Crippen LogP contribution in [0.1, 0.15) is 53.5 Å². The van der Waals surface area contributed by atoms with Crippen molar-refractivity contribution in [2.45, 2.75) is 65.0 Å². The Labute approximate surface area is 193 Å². The molecule has 4 rings (SSSR count). The van der Waals surface area contributed by atoms with E-state index >= 15 is 0 Å². The van der Waals surface area contributed by atoms with Gasteiger partial charge in [0.05, 0.1) is 18.1 Å². The molecule has 0 aliphatic carbocycles. The van der Waals surface area contributed by atoms with Crippen LogP contribution in [0, 0.1) is 27.1 Å². The number of nitrogens with zero attached hydrogens (tertiary/aromatic N) is 4. The summed E-state index contributed by atoms with van der Waals surface area (Å²) >= 11 is 0. The van der Waals surface area contributed by atoms with Crippen molar-refractivity contribution in [1.82, 2.24) is 30.3 Å². The third-order valence-electron chi connectivity index (χ3n) is 6.19. The highest BCUT2D eigenvalue weighted by molar-refractivity contribution is 5.87. The van der Waals surface area contributed by atoms with Crippen LogP contribution in [0.15, 0.2) is 24.7 Å². The number of hydrogen-bond acceptors (Lipinski definition) is 4. The number of aromatic nitrogens is 5. The summed E-state index contributed by atoms with van der Waals surface area (Å²) in [6, 6.07) is 3.83. The molecule has 9 heteroatoms. The Kier molecular flexibility index (Phi) is 6.57. The van der Waals surface area contributed by atoms with Crippen molar-refractivity contribution in [3.8, 4) is 5.69 Å². The average Bonchev–Trinajstić information content (AvgIpc) is 3.49. The number of aromatic amines is 1. The largest absolute Gasteiger partial charge is 0.357 e. The standard InChI is InChI=1S/C24H31N7O2/c1-15-9-16(2)23(17(3)10-15)31-14-30-19(5-7-21(30)29-31)6-8-22(32)28-20(24(33)25-4)11-18-12-26-13-27-18/h9-10,12-13,19-20H,5-8,11H2,1-4H3,(H,25,33)(H,26,27)(H,28,32)/t19-,20+/m0/s1. The molecular weight excluding hydrogens is 418 g/mol. The van der Waals surface area contributed by atoms with E-state index in [-0.39, 0.29) is 17.9 Å². The third kappa shape index (κ3) is 4.97. The molecular formula is C24H31N7O2. The quantitative estimate of drug-likeness (QED) is 0.356. The van der Waals surface area contributed by atoms with Gasteiger partial charge >= 0.3 is 0 Å². The van der Waals surface area contributed by atoms with E-state index in [4.69, 9.17) is 5.10 Å². The van der Waals surface area contributed by atoms with Crippen LogP contribution >= 0.6 is 0 Å². The summed E-state index contributed by atoms with van der Waals surface area (Å²) in [7, 11) is 1.57. The minimum Gasteiger partial charge on any atom is -0.357 e. The number of carbonyl (C=O) groups excluding carboxylic acids is 2. The van der Waals surface area contributed by atoms with Gasteiger partial charge in [-0.3, -0.25) is 9.59 Å². The molecule has 0 fully saturated rings. The van der Waals surface area contributed by atoms with Crippen molar-refractivity contribution in [3.63, 3.8) is 0 Å². The van der Waals surface area contributed by atoms with Gasteiger partial charge in [0.15, 0.2) is 0 Å². The first-order chi connectivity index (χ1) is 15.9. The molecule has 0 unspecified atom stereocenters. The highest BCUT2D eigenvalue weighted by atomic mass is 16.2. The molecule has 2 aromatic heterocycles. The minimum absolute atomic E-state index is 0.144. The lowest BCUT2D eigenvalue weighted by Gasteiger charge is -2.17. The molecule has 9 nitrogen and oxygen atoms in total. The molecule has 2 atom stereocenters. The van der Waals surface area contributed by atoms with Gasteiger partial charge in [-0.25, -0.2) is 9.67 Å². The summed E-state index contributed by atoms with van der Waals surface area (Å²) in [5.41, 5.74) is 5.42. The van der Waals surface area contributed by atoms with E-state index in [1.54, 1.807) is 19.6 Å². The molecule has 3 heterocycles.